The zero-order valence-corrected chi connectivity index (χ0v) is 13.5. The zero-order valence-electron chi connectivity index (χ0n) is 12.0. The average molecular weight is 340 g/mol. The normalized spacial score (nSPS) is 22.6. The van der Waals surface area contributed by atoms with E-state index in [1.165, 1.54) is 18.4 Å². The summed E-state index contributed by atoms with van der Waals surface area (Å²) in [7, 11) is 1.72. The maximum absolute atomic E-state index is 5.94. The predicted octanol–water partition coefficient (Wildman–Crippen LogP) is 3.54. The summed E-state index contributed by atoms with van der Waals surface area (Å²) in [4.78, 5) is 0. The fourth-order valence-corrected chi connectivity index (χ4v) is 3.37. The molecule has 0 aromatic heterocycles. The Kier molecular flexibility index (Phi) is 4.51. The first-order chi connectivity index (χ1) is 9.76. The third-order valence-electron chi connectivity index (χ3n) is 4.02. The Balaban J connectivity index is 1.75. The smallest absolute Gasteiger partial charge is 0.175 e. The van der Waals surface area contributed by atoms with Crippen molar-refractivity contribution < 1.29 is 9.47 Å². The van der Waals surface area contributed by atoms with Gasteiger partial charge in [-0.2, -0.15) is 0 Å². The number of ether oxygens (including phenoxy) is 2. The van der Waals surface area contributed by atoms with E-state index in [2.05, 4.69) is 33.4 Å². The molecule has 1 N–H and O–H groups in total. The Bertz CT molecular complexity index is 468. The standard InChI is InChI=1S/C16H22BrNO2/c1-19-15-9-12(7-11-3-2-6-18-10-11)8-14(17)16(15)20-13-4-5-13/h8-9,11,13,18H,2-7,10H2,1H3. The van der Waals surface area contributed by atoms with E-state index in [0.717, 1.165) is 54.2 Å². The number of piperidine rings is 1. The number of methoxy groups -OCH3 is 1. The van der Waals surface area contributed by atoms with Crippen molar-refractivity contribution in [1.82, 2.24) is 5.32 Å². The molecule has 1 saturated heterocycles. The molecular formula is C16H22BrNO2. The number of hydrogen-bond donors (Lipinski definition) is 1. The van der Waals surface area contributed by atoms with Crippen molar-refractivity contribution in [2.45, 2.75) is 38.2 Å². The molecule has 1 aromatic carbocycles. The van der Waals surface area contributed by atoms with Gasteiger partial charge in [0.25, 0.3) is 0 Å². The summed E-state index contributed by atoms with van der Waals surface area (Å²) in [6, 6.07) is 4.33. The molecule has 3 nitrogen and oxygen atoms in total. The highest BCUT2D eigenvalue weighted by atomic mass is 79.9. The molecule has 1 aromatic rings. The van der Waals surface area contributed by atoms with Gasteiger partial charge in [-0.15, -0.1) is 0 Å². The van der Waals surface area contributed by atoms with Crippen LogP contribution in [0.2, 0.25) is 0 Å². The lowest BCUT2D eigenvalue weighted by Crippen LogP contribution is -2.30. The van der Waals surface area contributed by atoms with Crippen LogP contribution in [0.3, 0.4) is 0 Å². The highest BCUT2D eigenvalue weighted by Gasteiger charge is 2.26. The van der Waals surface area contributed by atoms with Crippen molar-refractivity contribution in [3.63, 3.8) is 0 Å². The second-order valence-corrected chi connectivity index (χ2v) is 6.70. The highest BCUT2D eigenvalue weighted by Crippen LogP contribution is 2.40. The third-order valence-corrected chi connectivity index (χ3v) is 4.61. The summed E-state index contributed by atoms with van der Waals surface area (Å²) in [5.41, 5.74) is 1.32. The van der Waals surface area contributed by atoms with Crippen molar-refractivity contribution >= 4 is 15.9 Å². The van der Waals surface area contributed by atoms with Crippen LogP contribution in [0.4, 0.5) is 0 Å². The van der Waals surface area contributed by atoms with Gasteiger partial charge in [0, 0.05) is 0 Å². The van der Waals surface area contributed by atoms with Gasteiger partial charge in [0.15, 0.2) is 11.5 Å². The van der Waals surface area contributed by atoms with Gasteiger partial charge >= 0.3 is 0 Å². The summed E-state index contributed by atoms with van der Waals surface area (Å²) in [6.07, 6.45) is 6.40. The second kappa shape index (κ2) is 6.35. The fourth-order valence-electron chi connectivity index (χ4n) is 2.79. The monoisotopic (exact) mass is 339 g/mol. The summed E-state index contributed by atoms with van der Waals surface area (Å²) in [5.74, 6) is 2.45. The van der Waals surface area contributed by atoms with E-state index in [1.807, 2.05) is 0 Å². The van der Waals surface area contributed by atoms with Crippen LogP contribution >= 0.6 is 15.9 Å². The van der Waals surface area contributed by atoms with E-state index >= 15 is 0 Å². The summed E-state index contributed by atoms with van der Waals surface area (Å²) < 4.78 is 12.5. The van der Waals surface area contributed by atoms with Gasteiger partial charge in [-0.25, -0.2) is 0 Å². The van der Waals surface area contributed by atoms with E-state index in [9.17, 15) is 0 Å². The van der Waals surface area contributed by atoms with Crippen molar-refractivity contribution in [3.8, 4) is 11.5 Å². The van der Waals surface area contributed by atoms with Gasteiger partial charge in [-0.1, -0.05) is 0 Å². The zero-order chi connectivity index (χ0) is 13.9. The van der Waals surface area contributed by atoms with E-state index < -0.39 is 0 Å². The fraction of sp³-hybridized carbons (Fsp3) is 0.625. The van der Waals surface area contributed by atoms with Crippen molar-refractivity contribution in [2.24, 2.45) is 5.92 Å². The first-order valence-corrected chi connectivity index (χ1v) is 8.29. The van der Waals surface area contributed by atoms with Crippen LogP contribution in [0.1, 0.15) is 31.2 Å². The largest absolute Gasteiger partial charge is 0.493 e. The molecule has 1 aliphatic heterocycles. The Morgan fingerprint density at radius 3 is 2.80 bits per heavy atom. The van der Waals surface area contributed by atoms with Gasteiger partial charge in [-0.3, -0.25) is 0 Å². The van der Waals surface area contributed by atoms with Crippen LogP contribution in [0.25, 0.3) is 0 Å². The van der Waals surface area contributed by atoms with Crippen molar-refractivity contribution in [1.29, 1.82) is 0 Å². The minimum atomic E-state index is 0.383. The maximum Gasteiger partial charge on any atom is 0.175 e. The Morgan fingerprint density at radius 1 is 1.30 bits per heavy atom. The Labute approximate surface area is 129 Å². The molecule has 0 radical (unpaired) electrons. The van der Waals surface area contributed by atoms with Gasteiger partial charge in [0.05, 0.1) is 17.7 Å². The van der Waals surface area contributed by atoms with Crippen molar-refractivity contribution in [3.05, 3.63) is 22.2 Å². The Hall–Kier alpha value is -0.740. The van der Waals surface area contributed by atoms with Crippen LogP contribution in [0, 0.1) is 5.92 Å². The number of nitrogens with one attached hydrogen (secondary N) is 1. The van der Waals surface area contributed by atoms with E-state index in [4.69, 9.17) is 9.47 Å². The summed E-state index contributed by atoms with van der Waals surface area (Å²) >= 11 is 3.64. The third kappa shape index (κ3) is 3.47. The molecule has 3 rings (SSSR count). The number of hydrogen-bond acceptors (Lipinski definition) is 3. The van der Waals surface area contributed by atoms with Crippen LogP contribution in [-0.2, 0) is 6.42 Å². The minimum Gasteiger partial charge on any atom is -0.493 e. The number of benzene rings is 1. The van der Waals surface area contributed by atoms with Crippen molar-refractivity contribution in [2.75, 3.05) is 20.2 Å². The van der Waals surface area contributed by atoms with E-state index in [-0.39, 0.29) is 0 Å². The van der Waals surface area contributed by atoms with E-state index in [1.54, 1.807) is 7.11 Å². The molecule has 1 aliphatic carbocycles. The lowest BCUT2D eigenvalue weighted by atomic mass is 9.92. The summed E-state index contributed by atoms with van der Waals surface area (Å²) in [5, 5.41) is 3.48. The minimum absolute atomic E-state index is 0.383. The van der Waals surface area contributed by atoms with Crippen LogP contribution in [0.5, 0.6) is 11.5 Å². The molecular weight excluding hydrogens is 318 g/mol. The topological polar surface area (TPSA) is 30.5 Å². The molecule has 4 heteroatoms. The van der Waals surface area contributed by atoms with Crippen LogP contribution in [0.15, 0.2) is 16.6 Å². The lowest BCUT2D eigenvalue weighted by molar-refractivity contribution is 0.280. The number of rotatable bonds is 5. The first kappa shape index (κ1) is 14.2. The van der Waals surface area contributed by atoms with Gasteiger partial charge < -0.3 is 14.8 Å². The average Bonchev–Trinajstić information content (AvgIpc) is 3.26. The molecule has 110 valence electrons. The Morgan fingerprint density at radius 2 is 2.15 bits per heavy atom. The second-order valence-electron chi connectivity index (χ2n) is 5.84. The molecule has 0 bridgehead atoms. The molecule has 2 fully saturated rings. The first-order valence-electron chi connectivity index (χ1n) is 7.50. The SMILES string of the molecule is COc1cc(CC2CCCNC2)cc(Br)c1OC1CC1. The summed E-state index contributed by atoms with van der Waals surface area (Å²) in [6.45, 7) is 2.29. The molecule has 1 heterocycles. The molecule has 1 unspecified atom stereocenters. The van der Waals surface area contributed by atoms with Gasteiger partial charge in [0.2, 0.25) is 0 Å². The number of halogens is 1. The van der Waals surface area contributed by atoms with Gasteiger partial charge in [0.1, 0.15) is 0 Å². The lowest BCUT2D eigenvalue weighted by Gasteiger charge is -2.23. The van der Waals surface area contributed by atoms with Gasteiger partial charge in [-0.05, 0) is 84.7 Å². The molecule has 2 aliphatic rings. The quantitative estimate of drug-likeness (QED) is 0.889. The maximum atomic E-state index is 5.94. The predicted molar refractivity (Wildman–Crippen MR) is 83.6 cm³/mol. The van der Waals surface area contributed by atoms with E-state index in [0.29, 0.717) is 6.10 Å². The molecule has 0 spiro atoms. The molecule has 0 amide bonds. The molecule has 20 heavy (non-hydrogen) atoms. The van der Waals surface area contributed by atoms with Crippen LogP contribution in [-0.4, -0.2) is 26.3 Å². The highest BCUT2D eigenvalue weighted by molar-refractivity contribution is 9.10. The molecule has 1 atom stereocenters. The van der Waals surface area contributed by atoms with Crippen LogP contribution < -0.4 is 14.8 Å². The molecule has 1 saturated carbocycles.